The summed E-state index contributed by atoms with van der Waals surface area (Å²) in [7, 11) is 0. The second-order valence-electron chi connectivity index (χ2n) is 3.86. The molecule has 1 aliphatic heterocycles. The van der Waals surface area contributed by atoms with Gasteiger partial charge in [0, 0.05) is 11.1 Å². The minimum absolute atomic E-state index is 0.789. The van der Waals surface area contributed by atoms with Gasteiger partial charge in [0.25, 0.3) is 0 Å². The second-order valence-corrected chi connectivity index (χ2v) is 3.86. The van der Waals surface area contributed by atoms with E-state index in [0.29, 0.717) is 0 Å². The van der Waals surface area contributed by atoms with Crippen molar-refractivity contribution in [1.82, 2.24) is 0 Å². The summed E-state index contributed by atoms with van der Waals surface area (Å²) >= 11 is 0. The first-order chi connectivity index (χ1) is 7.86. The van der Waals surface area contributed by atoms with Crippen LogP contribution in [0.2, 0.25) is 0 Å². The van der Waals surface area contributed by atoms with Gasteiger partial charge in [0.05, 0.1) is 6.21 Å². The van der Waals surface area contributed by atoms with Crippen LogP contribution in [0.4, 0.5) is 0 Å². The molecule has 2 heteroatoms. The van der Waals surface area contributed by atoms with Crippen LogP contribution in [0.5, 0.6) is 0 Å². The first-order valence-corrected chi connectivity index (χ1v) is 5.25. The zero-order chi connectivity index (χ0) is 11.0. The minimum Gasteiger partial charge on any atom is -0.356 e. The lowest BCUT2D eigenvalue weighted by Gasteiger charge is -2.16. The van der Waals surface area contributed by atoms with Crippen LogP contribution in [0.3, 0.4) is 0 Å². The molecule has 78 valence electrons. The van der Waals surface area contributed by atoms with Crippen molar-refractivity contribution in [3.63, 3.8) is 0 Å². The van der Waals surface area contributed by atoms with Crippen LogP contribution in [-0.2, 0) is 4.84 Å². The number of benzene rings is 1. The van der Waals surface area contributed by atoms with Gasteiger partial charge in [0.2, 0.25) is 0 Å². The standard InChI is InChI=1S/C14H11NO/c1-10-5-4-8-13-14(10)12-7-3-2-6-11(12)9-15-16-13/h2-4,6-9H,1,5H2. The van der Waals surface area contributed by atoms with Crippen molar-refractivity contribution in [3.05, 3.63) is 65.5 Å². The molecule has 0 atom stereocenters. The van der Waals surface area contributed by atoms with Crippen LogP contribution in [0.25, 0.3) is 5.57 Å². The van der Waals surface area contributed by atoms with E-state index in [1.54, 1.807) is 6.21 Å². The minimum atomic E-state index is 0.789. The fourth-order valence-electron chi connectivity index (χ4n) is 2.04. The summed E-state index contributed by atoms with van der Waals surface area (Å²) in [6.07, 6.45) is 6.62. The Kier molecular flexibility index (Phi) is 2.00. The lowest BCUT2D eigenvalue weighted by Crippen LogP contribution is -1.99. The third kappa shape index (κ3) is 1.31. The molecule has 1 aliphatic carbocycles. The molecule has 1 aromatic rings. The third-order valence-electron chi connectivity index (χ3n) is 2.81. The maximum Gasteiger partial charge on any atom is 0.165 e. The molecular formula is C14H11NO. The second kappa shape index (κ2) is 3.49. The van der Waals surface area contributed by atoms with Crippen molar-refractivity contribution in [1.29, 1.82) is 0 Å². The average Bonchev–Trinajstić information content (AvgIpc) is 2.49. The van der Waals surface area contributed by atoms with Gasteiger partial charge in [-0.3, -0.25) is 0 Å². The van der Waals surface area contributed by atoms with Gasteiger partial charge in [-0.1, -0.05) is 42.1 Å². The highest BCUT2D eigenvalue weighted by Gasteiger charge is 2.19. The zero-order valence-corrected chi connectivity index (χ0v) is 8.81. The topological polar surface area (TPSA) is 21.6 Å². The number of oxime groups is 1. The summed E-state index contributed by atoms with van der Waals surface area (Å²) in [6, 6.07) is 8.13. The van der Waals surface area contributed by atoms with Crippen molar-refractivity contribution in [2.75, 3.05) is 0 Å². The van der Waals surface area contributed by atoms with Crippen LogP contribution >= 0.6 is 0 Å². The first-order valence-electron chi connectivity index (χ1n) is 5.25. The molecule has 0 fully saturated rings. The Morgan fingerprint density at radius 2 is 2.12 bits per heavy atom. The smallest absolute Gasteiger partial charge is 0.165 e. The van der Waals surface area contributed by atoms with Gasteiger partial charge >= 0.3 is 0 Å². The molecule has 0 unspecified atom stereocenters. The lowest BCUT2D eigenvalue weighted by molar-refractivity contribution is 0.245. The fraction of sp³-hybridized carbons (Fsp3) is 0.0714. The Bertz CT molecular complexity index is 550. The SMILES string of the molecule is C=C1CC=CC2=C1c1ccccc1C=NO2. The Hall–Kier alpha value is -2.09. The van der Waals surface area contributed by atoms with E-state index < -0.39 is 0 Å². The van der Waals surface area contributed by atoms with E-state index in [2.05, 4.69) is 17.8 Å². The number of nitrogens with zero attached hydrogens (tertiary/aromatic N) is 1. The van der Waals surface area contributed by atoms with E-state index >= 15 is 0 Å². The molecule has 0 bridgehead atoms. The van der Waals surface area contributed by atoms with Crippen molar-refractivity contribution in [3.8, 4) is 0 Å². The van der Waals surface area contributed by atoms with Crippen molar-refractivity contribution >= 4 is 11.8 Å². The molecule has 0 saturated heterocycles. The van der Waals surface area contributed by atoms with E-state index in [0.717, 1.165) is 34.5 Å². The van der Waals surface area contributed by atoms with E-state index in [1.807, 2.05) is 30.4 Å². The normalized spacial score (nSPS) is 17.6. The Morgan fingerprint density at radius 3 is 3.06 bits per heavy atom. The molecule has 0 aromatic heterocycles. The molecule has 0 N–H and O–H groups in total. The predicted molar refractivity (Wildman–Crippen MR) is 64.9 cm³/mol. The maximum atomic E-state index is 5.36. The first kappa shape index (κ1) is 9.16. The van der Waals surface area contributed by atoms with Crippen LogP contribution in [0.1, 0.15) is 17.5 Å². The Balaban J connectivity index is 2.29. The van der Waals surface area contributed by atoms with E-state index in [4.69, 9.17) is 4.84 Å². The summed E-state index contributed by atoms with van der Waals surface area (Å²) in [5.41, 5.74) is 4.38. The van der Waals surface area contributed by atoms with E-state index in [9.17, 15) is 0 Å². The molecule has 1 heterocycles. The van der Waals surface area contributed by atoms with Gasteiger partial charge in [-0.15, -0.1) is 0 Å². The fourth-order valence-corrected chi connectivity index (χ4v) is 2.04. The predicted octanol–water partition coefficient (Wildman–Crippen LogP) is 3.28. The number of fused-ring (bicyclic) bond motifs is 2. The van der Waals surface area contributed by atoms with Gasteiger partial charge in [0.1, 0.15) is 0 Å². The Labute approximate surface area is 94.2 Å². The van der Waals surface area contributed by atoms with Crippen LogP contribution in [0.15, 0.2) is 59.5 Å². The largest absolute Gasteiger partial charge is 0.356 e. The number of allylic oxidation sites excluding steroid dienone is 4. The van der Waals surface area contributed by atoms with Gasteiger partial charge in [-0.25, -0.2) is 0 Å². The highest BCUT2D eigenvalue weighted by molar-refractivity contribution is 5.94. The summed E-state index contributed by atoms with van der Waals surface area (Å²) < 4.78 is 0. The number of rotatable bonds is 0. The van der Waals surface area contributed by atoms with Crippen LogP contribution in [-0.4, -0.2) is 6.21 Å². The zero-order valence-electron chi connectivity index (χ0n) is 8.81. The summed E-state index contributed by atoms with van der Waals surface area (Å²) in [4.78, 5) is 5.36. The molecule has 0 radical (unpaired) electrons. The maximum absolute atomic E-state index is 5.36. The highest BCUT2D eigenvalue weighted by atomic mass is 16.6. The molecular weight excluding hydrogens is 198 g/mol. The number of hydrogen-bond acceptors (Lipinski definition) is 2. The van der Waals surface area contributed by atoms with Crippen molar-refractivity contribution < 1.29 is 4.84 Å². The molecule has 2 nitrogen and oxygen atoms in total. The van der Waals surface area contributed by atoms with Gasteiger partial charge < -0.3 is 4.84 Å². The summed E-state index contributed by atoms with van der Waals surface area (Å²) in [6.45, 7) is 4.09. The molecule has 1 aromatic carbocycles. The van der Waals surface area contributed by atoms with Crippen molar-refractivity contribution in [2.24, 2.45) is 5.16 Å². The van der Waals surface area contributed by atoms with Gasteiger partial charge in [-0.2, -0.15) is 0 Å². The summed E-state index contributed by atoms with van der Waals surface area (Å²) in [5.74, 6) is 0.789. The van der Waals surface area contributed by atoms with Gasteiger partial charge in [0.15, 0.2) is 5.76 Å². The highest BCUT2D eigenvalue weighted by Crippen LogP contribution is 2.35. The van der Waals surface area contributed by atoms with Crippen LogP contribution < -0.4 is 0 Å². The third-order valence-corrected chi connectivity index (χ3v) is 2.81. The molecule has 0 amide bonds. The number of hydrogen-bond donors (Lipinski definition) is 0. The molecule has 3 rings (SSSR count). The van der Waals surface area contributed by atoms with Gasteiger partial charge in [-0.05, 0) is 23.6 Å². The molecule has 0 saturated carbocycles. The molecule has 2 aliphatic rings. The van der Waals surface area contributed by atoms with E-state index in [1.165, 1.54) is 0 Å². The average molecular weight is 209 g/mol. The summed E-state index contributed by atoms with van der Waals surface area (Å²) in [5, 5.41) is 3.96. The van der Waals surface area contributed by atoms with E-state index in [-0.39, 0.29) is 0 Å². The Morgan fingerprint density at radius 1 is 1.25 bits per heavy atom. The quantitative estimate of drug-likeness (QED) is 0.642. The molecule has 0 spiro atoms. The molecule has 16 heavy (non-hydrogen) atoms. The van der Waals surface area contributed by atoms with Crippen LogP contribution in [0, 0.1) is 0 Å². The lowest BCUT2D eigenvalue weighted by atomic mass is 9.89. The van der Waals surface area contributed by atoms with Crippen molar-refractivity contribution in [2.45, 2.75) is 6.42 Å². The monoisotopic (exact) mass is 209 g/mol.